The Labute approximate surface area is 122 Å². The van der Waals surface area contributed by atoms with Crippen LogP contribution in [0.4, 0.5) is 10.1 Å². The first kappa shape index (κ1) is 13.4. The van der Waals surface area contributed by atoms with Gasteiger partial charge in [-0.3, -0.25) is 4.98 Å². The second-order valence-corrected chi connectivity index (χ2v) is 4.91. The van der Waals surface area contributed by atoms with E-state index in [0.29, 0.717) is 18.0 Å². The van der Waals surface area contributed by atoms with Gasteiger partial charge in [-0.05, 0) is 31.2 Å². The summed E-state index contributed by atoms with van der Waals surface area (Å²) in [6.07, 6.45) is 0. The van der Waals surface area contributed by atoms with E-state index >= 15 is 0 Å². The molecular formula is C17H15FN2O. The normalized spacial score (nSPS) is 10.8. The van der Waals surface area contributed by atoms with Crippen LogP contribution in [0.5, 0.6) is 5.75 Å². The Bertz CT molecular complexity index is 802. The van der Waals surface area contributed by atoms with Crippen LogP contribution in [0.25, 0.3) is 10.9 Å². The van der Waals surface area contributed by atoms with Crippen molar-refractivity contribution in [2.75, 3.05) is 5.73 Å². The summed E-state index contributed by atoms with van der Waals surface area (Å²) < 4.78 is 18.7. The molecule has 1 aromatic heterocycles. The van der Waals surface area contributed by atoms with Gasteiger partial charge < -0.3 is 10.5 Å². The predicted molar refractivity (Wildman–Crippen MR) is 81.6 cm³/mol. The molecular weight excluding hydrogens is 267 g/mol. The van der Waals surface area contributed by atoms with Crippen LogP contribution in [0.1, 0.15) is 11.3 Å². The first-order valence-electron chi connectivity index (χ1n) is 6.66. The number of fused-ring (bicyclic) bond motifs is 1. The molecule has 0 radical (unpaired) electrons. The average Bonchev–Trinajstić information content (AvgIpc) is 2.46. The van der Waals surface area contributed by atoms with E-state index in [0.717, 1.165) is 22.2 Å². The number of nitrogens with two attached hydrogens (primary N) is 1. The van der Waals surface area contributed by atoms with Crippen molar-refractivity contribution >= 4 is 16.6 Å². The summed E-state index contributed by atoms with van der Waals surface area (Å²) in [6, 6.07) is 14.0. The average molecular weight is 282 g/mol. The number of benzene rings is 2. The van der Waals surface area contributed by atoms with Crippen molar-refractivity contribution in [3.05, 3.63) is 65.6 Å². The molecule has 0 atom stereocenters. The van der Waals surface area contributed by atoms with Crippen LogP contribution in [0.2, 0.25) is 0 Å². The second-order valence-electron chi connectivity index (χ2n) is 4.91. The first-order valence-corrected chi connectivity index (χ1v) is 6.66. The molecule has 4 heteroatoms. The number of para-hydroxylation sites is 1. The fraction of sp³-hybridized carbons (Fsp3) is 0.118. The predicted octanol–water partition coefficient (Wildman–Crippen LogP) is 3.84. The van der Waals surface area contributed by atoms with Crippen LogP contribution in [0, 0.1) is 12.7 Å². The van der Waals surface area contributed by atoms with Gasteiger partial charge in [-0.2, -0.15) is 0 Å². The summed E-state index contributed by atoms with van der Waals surface area (Å²) in [7, 11) is 0. The lowest BCUT2D eigenvalue weighted by Crippen LogP contribution is -2.01. The van der Waals surface area contributed by atoms with Crippen molar-refractivity contribution < 1.29 is 9.13 Å². The minimum absolute atomic E-state index is 0.296. The molecule has 0 spiro atoms. The Hall–Kier alpha value is -2.62. The number of hydrogen-bond acceptors (Lipinski definition) is 3. The third kappa shape index (κ3) is 2.79. The third-order valence-corrected chi connectivity index (χ3v) is 3.28. The number of halogens is 1. The van der Waals surface area contributed by atoms with Gasteiger partial charge in [0.05, 0.1) is 11.2 Å². The Morgan fingerprint density at radius 1 is 1.14 bits per heavy atom. The molecule has 0 fully saturated rings. The van der Waals surface area contributed by atoms with E-state index in [2.05, 4.69) is 4.98 Å². The molecule has 3 rings (SSSR count). The molecule has 0 bridgehead atoms. The Kier molecular flexibility index (Phi) is 3.44. The van der Waals surface area contributed by atoms with Crippen molar-refractivity contribution in [2.45, 2.75) is 13.5 Å². The van der Waals surface area contributed by atoms with Crippen molar-refractivity contribution in [1.29, 1.82) is 0 Å². The monoisotopic (exact) mass is 282 g/mol. The highest BCUT2D eigenvalue weighted by Crippen LogP contribution is 2.25. The van der Waals surface area contributed by atoms with Crippen LogP contribution in [0.15, 0.2) is 48.5 Å². The molecule has 2 aromatic carbocycles. The summed E-state index contributed by atoms with van der Waals surface area (Å²) in [5, 5.41) is 1.05. The Balaban J connectivity index is 1.91. The quantitative estimate of drug-likeness (QED) is 0.742. The van der Waals surface area contributed by atoms with Crippen LogP contribution in [-0.4, -0.2) is 4.98 Å². The molecule has 0 saturated carbocycles. The maximum absolute atomic E-state index is 13.0. The van der Waals surface area contributed by atoms with Gasteiger partial charge in [0.25, 0.3) is 0 Å². The summed E-state index contributed by atoms with van der Waals surface area (Å²) in [5.74, 6) is 0.111. The van der Waals surface area contributed by atoms with Gasteiger partial charge in [0.15, 0.2) is 0 Å². The standard InChI is InChI=1S/C17H15FN2O/c1-11-8-12(14-4-2-3-5-16(14)20-11)10-21-17-7-6-13(18)9-15(17)19/h2-9H,10,19H2,1H3. The third-order valence-electron chi connectivity index (χ3n) is 3.28. The van der Waals surface area contributed by atoms with Gasteiger partial charge in [-0.15, -0.1) is 0 Å². The van der Waals surface area contributed by atoms with Crippen LogP contribution >= 0.6 is 0 Å². The van der Waals surface area contributed by atoms with Crippen LogP contribution in [0.3, 0.4) is 0 Å². The summed E-state index contributed by atoms with van der Waals surface area (Å²) in [6.45, 7) is 2.31. The maximum atomic E-state index is 13.0. The van der Waals surface area contributed by atoms with Crippen molar-refractivity contribution in [1.82, 2.24) is 4.98 Å². The highest BCUT2D eigenvalue weighted by atomic mass is 19.1. The molecule has 0 saturated heterocycles. The minimum Gasteiger partial charge on any atom is -0.487 e. The van der Waals surface area contributed by atoms with E-state index in [1.165, 1.54) is 12.1 Å². The van der Waals surface area contributed by atoms with E-state index < -0.39 is 0 Å². The number of rotatable bonds is 3. The Morgan fingerprint density at radius 3 is 2.76 bits per heavy atom. The number of aryl methyl sites for hydroxylation is 1. The number of pyridine rings is 1. The largest absolute Gasteiger partial charge is 0.487 e. The van der Waals surface area contributed by atoms with Crippen LogP contribution < -0.4 is 10.5 Å². The molecule has 106 valence electrons. The lowest BCUT2D eigenvalue weighted by Gasteiger charge is -2.11. The van der Waals surface area contributed by atoms with Crippen LogP contribution in [-0.2, 0) is 6.61 Å². The minimum atomic E-state index is -0.370. The van der Waals surface area contributed by atoms with E-state index in [-0.39, 0.29) is 5.82 Å². The smallest absolute Gasteiger partial charge is 0.142 e. The molecule has 0 aliphatic heterocycles. The maximum Gasteiger partial charge on any atom is 0.142 e. The molecule has 0 aliphatic carbocycles. The molecule has 2 N–H and O–H groups in total. The van der Waals surface area contributed by atoms with Crippen molar-refractivity contribution in [3.63, 3.8) is 0 Å². The van der Waals surface area contributed by atoms with E-state index in [1.54, 1.807) is 6.07 Å². The van der Waals surface area contributed by atoms with Gasteiger partial charge in [0, 0.05) is 22.7 Å². The summed E-state index contributed by atoms with van der Waals surface area (Å²) in [4.78, 5) is 4.49. The second kappa shape index (κ2) is 5.40. The number of aromatic nitrogens is 1. The zero-order valence-corrected chi connectivity index (χ0v) is 11.6. The van der Waals surface area contributed by atoms with E-state index in [9.17, 15) is 4.39 Å². The highest BCUT2D eigenvalue weighted by molar-refractivity contribution is 5.82. The molecule has 3 aromatic rings. The van der Waals surface area contributed by atoms with E-state index in [4.69, 9.17) is 10.5 Å². The highest BCUT2D eigenvalue weighted by Gasteiger charge is 2.06. The molecule has 0 unspecified atom stereocenters. The number of nitrogen functional groups attached to an aromatic ring is 1. The molecule has 1 heterocycles. The summed E-state index contributed by atoms with van der Waals surface area (Å²) in [5.41, 5.74) is 8.94. The van der Waals surface area contributed by atoms with Gasteiger partial charge >= 0.3 is 0 Å². The van der Waals surface area contributed by atoms with Gasteiger partial charge in [0.2, 0.25) is 0 Å². The summed E-state index contributed by atoms with van der Waals surface area (Å²) >= 11 is 0. The number of anilines is 1. The van der Waals surface area contributed by atoms with Gasteiger partial charge in [-0.1, -0.05) is 18.2 Å². The van der Waals surface area contributed by atoms with Gasteiger partial charge in [0.1, 0.15) is 18.2 Å². The molecule has 0 amide bonds. The molecule has 0 aliphatic rings. The van der Waals surface area contributed by atoms with Crippen molar-refractivity contribution in [3.8, 4) is 5.75 Å². The fourth-order valence-electron chi connectivity index (χ4n) is 2.32. The fourth-order valence-corrected chi connectivity index (χ4v) is 2.32. The zero-order valence-electron chi connectivity index (χ0n) is 11.6. The first-order chi connectivity index (χ1) is 10.1. The lowest BCUT2D eigenvalue weighted by atomic mass is 10.1. The molecule has 3 nitrogen and oxygen atoms in total. The number of ether oxygens (including phenoxy) is 1. The SMILES string of the molecule is Cc1cc(COc2ccc(F)cc2N)c2ccccc2n1. The number of nitrogens with zero attached hydrogens (tertiary/aromatic N) is 1. The van der Waals surface area contributed by atoms with E-state index in [1.807, 2.05) is 37.3 Å². The van der Waals surface area contributed by atoms with Crippen molar-refractivity contribution in [2.24, 2.45) is 0 Å². The Morgan fingerprint density at radius 2 is 1.95 bits per heavy atom. The van der Waals surface area contributed by atoms with Gasteiger partial charge in [-0.25, -0.2) is 4.39 Å². The molecule has 21 heavy (non-hydrogen) atoms. The zero-order chi connectivity index (χ0) is 14.8. The lowest BCUT2D eigenvalue weighted by molar-refractivity contribution is 0.309. The number of hydrogen-bond donors (Lipinski definition) is 1. The topological polar surface area (TPSA) is 48.1 Å².